The molecule has 1 aromatic rings. The van der Waals surface area contributed by atoms with Crippen LogP contribution in [-0.2, 0) is 10.0 Å². The van der Waals surface area contributed by atoms with Gasteiger partial charge in [-0.2, -0.15) is 4.31 Å². The van der Waals surface area contributed by atoms with Crippen LogP contribution in [0.25, 0.3) is 0 Å². The van der Waals surface area contributed by atoms with Gasteiger partial charge in [0.05, 0.1) is 14.9 Å². The Morgan fingerprint density at radius 3 is 2.67 bits per heavy atom. The lowest BCUT2D eigenvalue weighted by atomic mass is 10.2. The minimum Gasteiger partial charge on any atom is -0.313 e. The second kappa shape index (κ2) is 5.76. The molecule has 1 aliphatic rings. The van der Waals surface area contributed by atoms with Gasteiger partial charge in [0, 0.05) is 19.6 Å². The molecule has 0 atom stereocenters. The lowest BCUT2D eigenvalue weighted by Crippen LogP contribution is -2.58. The number of nitrogens with one attached hydrogen (secondary N) is 1. The van der Waals surface area contributed by atoms with Crippen LogP contribution in [0, 0.1) is 0 Å². The highest BCUT2D eigenvalue weighted by Crippen LogP contribution is 2.36. The van der Waals surface area contributed by atoms with Crippen LogP contribution in [0.15, 0.2) is 14.1 Å². The van der Waals surface area contributed by atoms with Gasteiger partial charge < -0.3 is 5.32 Å². The van der Waals surface area contributed by atoms with Gasteiger partial charge in [-0.05, 0) is 28.4 Å². The maximum atomic E-state index is 12.6. The van der Waals surface area contributed by atoms with E-state index in [2.05, 4.69) is 21.2 Å². The fourth-order valence-corrected chi connectivity index (χ4v) is 6.01. The van der Waals surface area contributed by atoms with Crippen LogP contribution in [0.3, 0.4) is 0 Å². The Kier molecular flexibility index (Phi) is 4.72. The molecule has 0 spiro atoms. The topological polar surface area (TPSA) is 49.4 Å². The van der Waals surface area contributed by atoms with Gasteiger partial charge in [-0.15, -0.1) is 11.3 Å². The van der Waals surface area contributed by atoms with Crippen LogP contribution in [-0.4, -0.2) is 38.4 Å². The van der Waals surface area contributed by atoms with Gasteiger partial charge in [0.1, 0.15) is 4.21 Å². The van der Waals surface area contributed by atoms with E-state index in [1.165, 1.54) is 6.07 Å². The van der Waals surface area contributed by atoms with E-state index in [0.717, 1.165) is 30.8 Å². The van der Waals surface area contributed by atoms with Gasteiger partial charge in [0.15, 0.2) is 0 Å². The molecule has 8 heteroatoms. The maximum absolute atomic E-state index is 12.6. The highest BCUT2D eigenvalue weighted by molar-refractivity contribution is 9.11. The molecule has 0 aromatic carbocycles. The summed E-state index contributed by atoms with van der Waals surface area (Å²) in [5.41, 5.74) is 0. The van der Waals surface area contributed by atoms with Gasteiger partial charge >= 0.3 is 0 Å². The summed E-state index contributed by atoms with van der Waals surface area (Å²) in [6.45, 7) is 3.97. The van der Waals surface area contributed by atoms with Gasteiger partial charge in [-0.25, -0.2) is 8.42 Å². The quantitative estimate of drug-likeness (QED) is 0.863. The molecule has 1 fully saturated rings. The maximum Gasteiger partial charge on any atom is 0.252 e. The molecule has 2 rings (SSSR count). The fourth-order valence-electron chi connectivity index (χ4n) is 1.77. The summed E-state index contributed by atoms with van der Waals surface area (Å²) in [6.07, 6.45) is 0.802. The molecule has 2 heterocycles. The zero-order chi connectivity index (χ0) is 13.3. The number of halogens is 2. The first-order valence-electron chi connectivity index (χ1n) is 5.64. The Bertz CT molecular complexity index is 508. The molecular weight excluding hydrogens is 360 g/mol. The Morgan fingerprint density at radius 1 is 1.61 bits per heavy atom. The van der Waals surface area contributed by atoms with Gasteiger partial charge in [-0.3, -0.25) is 0 Å². The van der Waals surface area contributed by atoms with Crippen molar-refractivity contribution in [3.05, 3.63) is 14.9 Å². The number of hydrogen-bond donors (Lipinski definition) is 1. The smallest absolute Gasteiger partial charge is 0.252 e. The Labute approximate surface area is 124 Å². The van der Waals surface area contributed by atoms with Crippen molar-refractivity contribution in [2.75, 3.05) is 19.6 Å². The first-order chi connectivity index (χ1) is 8.46. The van der Waals surface area contributed by atoms with E-state index in [4.69, 9.17) is 11.6 Å². The number of thiophene rings is 1. The van der Waals surface area contributed by atoms with E-state index >= 15 is 0 Å². The van der Waals surface area contributed by atoms with Crippen molar-refractivity contribution in [1.82, 2.24) is 9.62 Å². The van der Waals surface area contributed by atoms with Crippen LogP contribution in [0.4, 0.5) is 0 Å². The van der Waals surface area contributed by atoms with Crippen LogP contribution >= 0.6 is 38.9 Å². The van der Waals surface area contributed by atoms with E-state index in [0.29, 0.717) is 19.6 Å². The summed E-state index contributed by atoms with van der Waals surface area (Å²) in [4.78, 5) is 0. The molecular formula is C10H14BrClN2O2S2. The summed E-state index contributed by atoms with van der Waals surface area (Å²) < 4.78 is 27.6. The van der Waals surface area contributed by atoms with Gasteiger partial charge in [0.2, 0.25) is 0 Å². The van der Waals surface area contributed by atoms with Crippen molar-refractivity contribution in [3.8, 4) is 0 Å². The Balaban J connectivity index is 2.32. The predicted octanol–water partition coefficient (Wildman–Crippen LogP) is 2.54. The highest BCUT2D eigenvalue weighted by Gasteiger charge is 2.35. The second-order valence-electron chi connectivity index (χ2n) is 4.11. The fraction of sp³-hybridized carbons (Fsp3) is 0.600. The van der Waals surface area contributed by atoms with Crippen LogP contribution in [0.5, 0.6) is 0 Å². The standard InChI is InChI=1S/C10H14BrClN2O2S2/c1-2-3-14(7-5-13-6-7)18(15,16)9-4-8(12)10(11)17-9/h4,7,13H,2-3,5-6H2,1H3. The van der Waals surface area contributed by atoms with E-state index < -0.39 is 10.0 Å². The Morgan fingerprint density at radius 2 is 2.28 bits per heavy atom. The first-order valence-corrected chi connectivity index (χ1v) is 9.07. The summed E-state index contributed by atoms with van der Waals surface area (Å²) >= 11 is 10.3. The third-order valence-electron chi connectivity index (χ3n) is 2.80. The van der Waals surface area contributed by atoms with Crippen molar-refractivity contribution in [2.24, 2.45) is 0 Å². The molecule has 1 saturated heterocycles. The third-order valence-corrected chi connectivity index (χ3v) is 7.67. The molecule has 0 amide bonds. The summed E-state index contributed by atoms with van der Waals surface area (Å²) in [7, 11) is -3.43. The predicted molar refractivity (Wildman–Crippen MR) is 77.9 cm³/mol. The summed E-state index contributed by atoms with van der Waals surface area (Å²) in [5.74, 6) is 0. The van der Waals surface area contributed by atoms with Crippen molar-refractivity contribution in [1.29, 1.82) is 0 Å². The lowest BCUT2D eigenvalue weighted by Gasteiger charge is -2.36. The molecule has 0 saturated carbocycles. The SMILES string of the molecule is CCCN(C1CNC1)S(=O)(=O)c1cc(Cl)c(Br)s1. The molecule has 4 nitrogen and oxygen atoms in total. The monoisotopic (exact) mass is 372 g/mol. The minimum absolute atomic E-state index is 0.0644. The largest absolute Gasteiger partial charge is 0.313 e. The highest BCUT2D eigenvalue weighted by atomic mass is 79.9. The van der Waals surface area contributed by atoms with Crippen LogP contribution < -0.4 is 5.32 Å². The zero-order valence-electron chi connectivity index (χ0n) is 9.82. The first kappa shape index (κ1) is 14.7. The lowest BCUT2D eigenvalue weighted by molar-refractivity contribution is 0.242. The Hall–Kier alpha value is 0.340. The van der Waals surface area contributed by atoms with Crippen molar-refractivity contribution >= 4 is 48.9 Å². The average Bonchev–Trinajstić information content (AvgIpc) is 2.57. The molecule has 0 aliphatic carbocycles. The number of hydrogen-bond acceptors (Lipinski definition) is 4. The van der Waals surface area contributed by atoms with Crippen molar-refractivity contribution < 1.29 is 8.42 Å². The van der Waals surface area contributed by atoms with Crippen molar-refractivity contribution in [3.63, 3.8) is 0 Å². The number of nitrogens with zero attached hydrogens (tertiary/aromatic N) is 1. The zero-order valence-corrected chi connectivity index (χ0v) is 13.8. The average molecular weight is 374 g/mol. The summed E-state index contributed by atoms with van der Waals surface area (Å²) in [5, 5.41) is 3.55. The van der Waals surface area contributed by atoms with Gasteiger partial charge in [-0.1, -0.05) is 18.5 Å². The molecule has 0 bridgehead atoms. The van der Waals surface area contributed by atoms with Crippen LogP contribution in [0.1, 0.15) is 13.3 Å². The van der Waals surface area contributed by atoms with E-state index in [-0.39, 0.29) is 6.04 Å². The molecule has 1 aromatic heterocycles. The van der Waals surface area contributed by atoms with Gasteiger partial charge in [0.25, 0.3) is 10.0 Å². The molecule has 0 unspecified atom stereocenters. The molecule has 18 heavy (non-hydrogen) atoms. The number of rotatable bonds is 5. The third kappa shape index (κ3) is 2.76. The molecule has 0 radical (unpaired) electrons. The normalized spacial score (nSPS) is 17.1. The summed E-state index contributed by atoms with van der Waals surface area (Å²) in [6, 6.07) is 1.58. The van der Waals surface area contributed by atoms with E-state index in [1.807, 2.05) is 6.92 Å². The number of sulfonamides is 1. The van der Waals surface area contributed by atoms with E-state index in [1.54, 1.807) is 4.31 Å². The molecule has 1 aliphatic heterocycles. The van der Waals surface area contributed by atoms with E-state index in [9.17, 15) is 8.42 Å². The molecule has 102 valence electrons. The van der Waals surface area contributed by atoms with Crippen molar-refractivity contribution in [2.45, 2.75) is 23.6 Å². The molecule has 1 N–H and O–H groups in total. The second-order valence-corrected chi connectivity index (χ2v) is 9.01. The minimum atomic E-state index is -3.43. The van der Waals surface area contributed by atoms with Crippen LogP contribution in [0.2, 0.25) is 5.02 Å².